The van der Waals surface area contributed by atoms with E-state index in [1.807, 2.05) is 6.07 Å². The molecule has 1 aromatic rings. The molecule has 0 saturated heterocycles. The van der Waals surface area contributed by atoms with E-state index in [9.17, 15) is 0 Å². The van der Waals surface area contributed by atoms with Gasteiger partial charge < -0.3 is 4.74 Å². The van der Waals surface area contributed by atoms with Crippen LogP contribution in [-0.2, 0) is 0 Å². The molecule has 0 aliphatic heterocycles. The molecule has 0 aliphatic carbocycles. The van der Waals surface area contributed by atoms with E-state index in [0.717, 1.165) is 0 Å². The van der Waals surface area contributed by atoms with E-state index < -0.39 is 0 Å². The van der Waals surface area contributed by atoms with E-state index in [1.54, 1.807) is 12.3 Å². The minimum atomic E-state index is 0.0248. The topological polar surface area (TPSA) is 58.8 Å². The Kier molecular flexibility index (Phi) is 2.21. The lowest BCUT2D eigenvalue weighted by Gasteiger charge is -1.95. The van der Waals surface area contributed by atoms with Gasteiger partial charge in [0.15, 0.2) is 6.61 Å². The zero-order valence-corrected chi connectivity index (χ0v) is 5.19. The molecule has 0 spiro atoms. The van der Waals surface area contributed by atoms with Crippen molar-refractivity contribution in [3.8, 4) is 11.9 Å². The first-order chi connectivity index (χ1) is 4.93. The van der Waals surface area contributed by atoms with Crippen LogP contribution in [0.3, 0.4) is 0 Å². The summed E-state index contributed by atoms with van der Waals surface area (Å²) in [6, 6.07) is 3.43. The highest BCUT2D eigenvalue weighted by Gasteiger charge is 1.88. The van der Waals surface area contributed by atoms with Crippen LogP contribution in [0.4, 0.5) is 0 Å². The first kappa shape index (κ1) is 6.49. The Hall–Kier alpha value is -1.63. The Balaban J connectivity index is 2.52. The van der Waals surface area contributed by atoms with E-state index in [1.165, 1.54) is 6.33 Å². The summed E-state index contributed by atoms with van der Waals surface area (Å²) < 4.78 is 4.84. The van der Waals surface area contributed by atoms with E-state index in [2.05, 4.69) is 9.97 Å². The minimum Gasteiger partial charge on any atom is -0.462 e. The van der Waals surface area contributed by atoms with Crippen LogP contribution in [0.2, 0.25) is 0 Å². The highest BCUT2D eigenvalue weighted by atomic mass is 16.5. The molecular weight excluding hydrogens is 130 g/mol. The second kappa shape index (κ2) is 3.41. The van der Waals surface area contributed by atoms with Crippen molar-refractivity contribution in [3.05, 3.63) is 18.6 Å². The second-order valence-corrected chi connectivity index (χ2v) is 1.49. The summed E-state index contributed by atoms with van der Waals surface area (Å²) in [4.78, 5) is 7.41. The fraction of sp³-hybridized carbons (Fsp3) is 0.167. The summed E-state index contributed by atoms with van der Waals surface area (Å²) >= 11 is 0. The average molecular weight is 135 g/mol. The fourth-order valence-electron chi connectivity index (χ4n) is 0.470. The molecular formula is C6H5N3O. The van der Waals surface area contributed by atoms with Crippen molar-refractivity contribution in [2.75, 3.05) is 6.61 Å². The van der Waals surface area contributed by atoms with Crippen molar-refractivity contribution < 1.29 is 4.74 Å². The van der Waals surface area contributed by atoms with Gasteiger partial charge in [-0.1, -0.05) is 0 Å². The third kappa shape index (κ3) is 1.71. The molecule has 0 amide bonds. The molecule has 0 aromatic carbocycles. The zero-order valence-electron chi connectivity index (χ0n) is 5.19. The van der Waals surface area contributed by atoms with Gasteiger partial charge >= 0.3 is 0 Å². The van der Waals surface area contributed by atoms with Gasteiger partial charge in [-0.05, 0) is 0 Å². The highest BCUT2D eigenvalue weighted by Crippen LogP contribution is 1.99. The molecule has 10 heavy (non-hydrogen) atoms. The predicted octanol–water partition coefficient (Wildman–Crippen LogP) is 0.379. The van der Waals surface area contributed by atoms with Crippen molar-refractivity contribution in [1.29, 1.82) is 5.26 Å². The molecule has 1 heterocycles. The normalized spacial score (nSPS) is 8.30. The summed E-state index contributed by atoms with van der Waals surface area (Å²) in [7, 11) is 0. The van der Waals surface area contributed by atoms with Crippen LogP contribution in [0, 0.1) is 11.3 Å². The largest absolute Gasteiger partial charge is 0.462 e. The number of hydrogen-bond acceptors (Lipinski definition) is 4. The van der Waals surface area contributed by atoms with Crippen molar-refractivity contribution >= 4 is 0 Å². The molecule has 0 fully saturated rings. The fourth-order valence-corrected chi connectivity index (χ4v) is 0.470. The van der Waals surface area contributed by atoms with Gasteiger partial charge in [0, 0.05) is 12.3 Å². The van der Waals surface area contributed by atoms with Crippen LogP contribution in [-0.4, -0.2) is 16.6 Å². The Morgan fingerprint density at radius 1 is 1.70 bits per heavy atom. The lowest BCUT2D eigenvalue weighted by atomic mass is 10.6. The van der Waals surface area contributed by atoms with Crippen molar-refractivity contribution in [2.24, 2.45) is 0 Å². The number of nitrogens with zero attached hydrogens (tertiary/aromatic N) is 3. The van der Waals surface area contributed by atoms with Gasteiger partial charge in [0.2, 0.25) is 5.88 Å². The van der Waals surface area contributed by atoms with Gasteiger partial charge in [0.1, 0.15) is 12.4 Å². The van der Waals surface area contributed by atoms with Crippen molar-refractivity contribution in [1.82, 2.24) is 9.97 Å². The summed E-state index contributed by atoms with van der Waals surface area (Å²) in [5.74, 6) is 0.427. The third-order valence-corrected chi connectivity index (χ3v) is 0.839. The van der Waals surface area contributed by atoms with Crippen LogP contribution in [0.25, 0.3) is 0 Å². The van der Waals surface area contributed by atoms with Crippen molar-refractivity contribution in [2.45, 2.75) is 0 Å². The van der Waals surface area contributed by atoms with Gasteiger partial charge in [-0.3, -0.25) is 0 Å². The molecule has 1 aromatic heterocycles. The maximum Gasteiger partial charge on any atom is 0.217 e. The Morgan fingerprint density at radius 2 is 2.60 bits per heavy atom. The molecule has 0 atom stereocenters. The lowest BCUT2D eigenvalue weighted by molar-refractivity contribution is 0.352. The Bertz CT molecular complexity index is 228. The second-order valence-electron chi connectivity index (χ2n) is 1.49. The molecule has 0 N–H and O–H groups in total. The van der Waals surface area contributed by atoms with E-state index in [4.69, 9.17) is 10.00 Å². The van der Waals surface area contributed by atoms with Crippen molar-refractivity contribution in [3.63, 3.8) is 0 Å². The average Bonchev–Trinajstić information content (AvgIpc) is 2.03. The molecule has 4 nitrogen and oxygen atoms in total. The van der Waals surface area contributed by atoms with Crippen LogP contribution in [0.5, 0.6) is 5.88 Å². The van der Waals surface area contributed by atoms with Gasteiger partial charge in [0.25, 0.3) is 0 Å². The van der Waals surface area contributed by atoms with Crippen LogP contribution in [0.15, 0.2) is 18.6 Å². The summed E-state index contributed by atoms with van der Waals surface area (Å²) in [5, 5.41) is 8.11. The zero-order chi connectivity index (χ0) is 7.23. The quantitative estimate of drug-likeness (QED) is 0.588. The van der Waals surface area contributed by atoms with Crippen LogP contribution < -0.4 is 4.74 Å². The van der Waals surface area contributed by atoms with Gasteiger partial charge in [-0.25, -0.2) is 9.97 Å². The lowest BCUT2D eigenvalue weighted by Crippen LogP contribution is -1.95. The molecule has 0 bridgehead atoms. The number of nitriles is 1. The molecule has 1 rings (SSSR count). The first-order valence-electron chi connectivity index (χ1n) is 2.69. The maximum atomic E-state index is 8.11. The monoisotopic (exact) mass is 135 g/mol. The van der Waals surface area contributed by atoms with Crippen LogP contribution >= 0.6 is 0 Å². The molecule has 0 saturated carbocycles. The van der Waals surface area contributed by atoms with E-state index >= 15 is 0 Å². The molecule has 4 heteroatoms. The molecule has 0 radical (unpaired) electrons. The highest BCUT2D eigenvalue weighted by molar-refractivity contribution is 5.04. The smallest absolute Gasteiger partial charge is 0.217 e. The van der Waals surface area contributed by atoms with Gasteiger partial charge in [0.05, 0.1) is 0 Å². The number of hydrogen-bond donors (Lipinski definition) is 0. The standard InChI is InChI=1S/C6H5N3O/c7-2-4-10-6-1-3-8-5-9-6/h1,3,5H,4H2. The Morgan fingerprint density at radius 3 is 3.20 bits per heavy atom. The number of ether oxygens (including phenoxy) is 1. The molecule has 0 aliphatic rings. The first-order valence-corrected chi connectivity index (χ1v) is 2.69. The predicted molar refractivity (Wildman–Crippen MR) is 33.1 cm³/mol. The molecule has 0 unspecified atom stereocenters. The minimum absolute atomic E-state index is 0.0248. The van der Waals surface area contributed by atoms with Crippen LogP contribution in [0.1, 0.15) is 0 Å². The van der Waals surface area contributed by atoms with E-state index in [-0.39, 0.29) is 6.61 Å². The third-order valence-electron chi connectivity index (χ3n) is 0.839. The Labute approximate surface area is 58.1 Å². The summed E-state index contributed by atoms with van der Waals surface area (Å²) in [6.45, 7) is 0.0248. The number of rotatable bonds is 2. The summed E-state index contributed by atoms with van der Waals surface area (Å²) in [6.07, 6.45) is 2.92. The molecule has 50 valence electrons. The van der Waals surface area contributed by atoms with Gasteiger partial charge in [-0.2, -0.15) is 5.26 Å². The summed E-state index contributed by atoms with van der Waals surface area (Å²) in [5.41, 5.74) is 0. The van der Waals surface area contributed by atoms with E-state index in [0.29, 0.717) is 5.88 Å². The number of aromatic nitrogens is 2. The van der Waals surface area contributed by atoms with Gasteiger partial charge in [-0.15, -0.1) is 0 Å². The maximum absolute atomic E-state index is 8.11. The SMILES string of the molecule is N#CCOc1ccncn1.